The van der Waals surface area contributed by atoms with Gasteiger partial charge in [-0.3, -0.25) is 4.79 Å². The van der Waals surface area contributed by atoms with Gasteiger partial charge in [0, 0.05) is 12.3 Å². The van der Waals surface area contributed by atoms with Crippen LogP contribution >= 0.6 is 0 Å². The smallest absolute Gasteiger partial charge is 0.326 e. The van der Waals surface area contributed by atoms with Crippen LogP contribution in [0.25, 0.3) is 0 Å². The van der Waals surface area contributed by atoms with Crippen LogP contribution < -0.4 is 5.32 Å². The molecule has 5 heteroatoms. The van der Waals surface area contributed by atoms with E-state index >= 15 is 0 Å². The summed E-state index contributed by atoms with van der Waals surface area (Å²) in [5.74, 6) is -2.17. The number of carbonyl (C=O) groups is 2. The predicted octanol–water partition coefficient (Wildman–Crippen LogP) is 0.882. The lowest BCUT2D eigenvalue weighted by molar-refractivity contribution is -0.140. The van der Waals surface area contributed by atoms with Crippen molar-refractivity contribution in [2.45, 2.75) is 18.4 Å². The third-order valence-electron chi connectivity index (χ3n) is 2.69. The molecule has 1 aromatic carbocycles. The van der Waals surface area contributed by atoms with Gasteiger partial charge in [0.05, 0.1) is 0 Å². The molecule has 2 rings (SSSR count). The van der Waals surface area contributed by atoms with Gasteiger partial charge >= 0.3 is 5.97 Å². The van der Waals surface area contributed by atoms with Crippen molar-refractivity contribution in [1.82, 2.24) is 5.32 Å². The van der Waals surface area contributed by atoms with E-state index in [0.717, 1.165) is 0 Å². The molecule has 0 unspecified atom stereocenters. The summed E-state index contributed by atoms with van der Waals surface area (Å²) in [7, 11) is 0. The maximum atomic E-state index is 12.7. The molecular weight excluding hydrogens is 213 g/mol. The topological polar surface area (TPSA) is 66.4 Å². The van der Waals surface area contributed by atoms with Crippen LogP contribution in [0.1, 0.15) is 17.9 Å². The van der Waals surface area contributed by atoms with Crippen LogP contribution in [0.3, 0.4) is 0 Å². The lowest BCUT2D eigenvalue weighted by Gasteiger charge is -2.14. The minimum absolute atomic E-state index is 0.128. The minimum atomic E-state index is -1.07. The molecule has 1 aromatic rings. The normalized spacial score (nSPS) is 24.2. The molecule has 0 aromatic heterocycles. The number of halogens is 1. The van der Waals surface area contributed by atoms with Crippen LogP contribution in [0.15, 0.2) is 24.3 Å². The second-order valence-corrected chi connectivity index (χ2v) is 3.75. The summed E-state index contributed by atoms with van der Waals surface area (Å²) < 4.78 is 12.7. The molecule has 1 heterocycles. The molecule has 4 nitrogen and oxygen atoms in total. The Labute approximate surface area is 91.1 Å². The van der Waals surface area contributed by atoms with Crippen molar-refractivity contribution < 1.29 is 19.1 Å². The number of carbonyl (C=O) groups excluding carboxylic acids is 1. The molecular formula is C11H10FNO3. The lowest BCUT2D eigenvalue weighted by Crippen LogP contribution is -2.36. The van der Waals surface area contributed by atoms with Gasteiger partial charge < -0.3 is 10.4 Å². The van der Waals surface area contributed by atoms with Gasteiger partial charge in [0.2, 0.25) is 5.91 Å². The number of hydrogen-bond acceptors (Lipinski definition) is 2. The Kier molecular flexibility index (Phi) is 2.60. The third-order valence-corrected chi connectivity index (χ3v) is 2.69. The SMILES string of the molecule is O=C1C[C@H](c2ccc(F)cc2)[C@H](C(=O)O)N1. The lowest BCUT2D eigenvalue weighted by atomic mass is 9.92. The quantitative estimate of drug-likeness (QED) is 0.782. The summed E-state index contributed by atoms with van der Waals surface area (Å²) in [4.78, 5) is 22.1. The largest absolute Gasteiger partial charge is 0.480 e. The molecule has 84 valence electrons. The standard InChI is InChI=1S/C11H10FNO3/c12-7-3-1-6(2-4-7)8-5-9(14)13-10(8)11(15)16/h1-4,8,10H,5H2,(H,13,14)(H,15,16)/t8-,10-/m1/s1. The fourth-order valence-corrected chi connectivity index (χ4v) is 1.90. The van der Waals surface area contributed by atoms with Crippen LogP contribution in [0.4, 0.5) is 4.39 Å². The van der Waals surface area contributed by atoms with E-state index < -0.39 is 17.9 Å². The highest BCUT2D eigenvalue weighted by Crippen LogP contribution is 2.28. The van der Waals surface area contributed by atoms with E-state index in [1.54, 1.807) is 0 Å². The highest BCUT2D eigenvalue weighted by atomic mass is 19.1. The molecule has 1 aliphatic heterocycles. The third kappa shape index (κ3) is 1.88. The Bertz CT molecular complexity index is 429. The Morgan fingerprint density at radius 2 is 2.00 bits per heavy atom. The monoisotopic (exact) mass is 223 g/mol. The van der Waals surface area contributed by atoms with Gasteiger partial charge in [0.15, 0.2) is 0 Å². The fourth-order valence-electron chi connectivity index (χ4n) is 1.90. The Morgan fingerprint density at radius 1 is 1.38 bits per heavy atom. The molecule has 0 saturated carbocycles. The van der Waals surface area contributed by atoms with Crippen molar-refractivity contribution in [3.05, 3.63) is 35.6 Å². The van der Waals surface area contributed by atoms with Gasteiger partial charge in [-0.2, -0.15) is 0 Å². The van der Waals surface area contributed by atoms with Gasteiger partial charge in [0.1, 0.15) is 11.9 Å². The molecule has 0 aliphatic carbocycles. The zero-order valence-corrected chi connectivity index (χ0v) is 8.31. The molecule has 1 fully saturated rings. The zero-order valence-electron chi connectivity index (χ0n) is 8.31. The summed E-state index contributed by atoms with van der Waals surface area (Å²) in [6.45, 7) is 0. The van der Waals surface area contributed by atoms with E-state index in [1.807, 2.05) is 0 Å². The Morgan fingerprint density at radius 3 is 2.56 bits per heavy atom. The Hall–Kier alpha value is -1.91. The first kappa shape index (κ1) is 10.6. The minimum Gasteiger partial charge on any atom is -0.480 e. The van der Waals surface area contributed by atoms with Crippen molar-refractivity contribution in [3.63, 3.8) is 0 Å². The van der Waals surface area contributed by atoms with Crippen LogP contribution in [0.5, 0.6) is 0 Å². The van der Waals surface area contributed by atoms with E-state index in [4.69, 9.17) is 5.11 Å². The van der Waals surface area contributed by atoms with Gasteiger partial charge in [-0.25, -0.2) is 9.18 Å². The van der Waals surface area contributed by atoms with Crippen LogP contribution in [-0.2, 0) is 9.59 Å². The highest BCUT2D eigenvalue weighted by Gasteiger charge is 2.38. The number of carboxylic acid groups (broad SMARTS) is 1. The van der Waals surface area contributed by atoms with Crippen molar-refractivity contribution >= 4 is 11.9 Å². The first-order valence-corrected chi connectivity index (χ1v) is 4.85. The van der Waals surface area contributed by atoms with Crippen molar-refractivity contribution in [3.8, 4) is 0 Å². The highest BCUT2D eigenvalue weighted by molar-refractivity contribution is 5.89. The van der Waals surface area contributed by atoms with E-state index in [1.165, 1.54) is 24.3 Å². The fraction of sp³-hybridized carbons (Fsp3) is 0.273. The molecule has 0 radical (unpaired) electrons. The second kappa shape index (κ2) is 3.92. The maximum Gasteiger partial charge on any atom is 0.326 e. The predicted molar refractivity (Wildman–Crippen MR) is 53.3 cm³/mol. The number of hydrogen-bond donors (Lipinski definition) is 2. The van der Waals surface area contributed by atoms with Crippen molar-refractivity contribution in [2.75, 3.05) is 0 Å². The molecule has 0 bridgehead atoms. The number of rotatable bonds is 2. The van der Waals surface area contributed by atoms with Crippen LogP contribution in [-0.4, -0.2) is 23.0 Å². The summed E-state index contributed by atoms with van der Waals surface area (Å²) in [5, 5.41) is 11.3. The molecule has 1 amide bonds. The Balaban J connectivity index is 2.28. The average Bonchev–Trinajstić information content (AvgIpc) is 2.61. The van der Waals surface area contributed by atoms with Crippen molar-refractivity contribution in [2.24, 2.45) is 0 Å². The molecule has 1 saturated heterocycles. The van der Waals surface area contributed by atoms with E-state index in [9.17, 15) is 14.0 Å². The van der Waals surface area contributed by atoms with Gasteiger partial charge in [0.25, 0.3) is 0 Å². The maximum absolute atomic E-state index is 12.7. The van der Waals surface area contributed by atoms with Gasteiger partial charge in [-0.15, -0.1) is 0 Å². The number of benzene rings is 1. The van der Waals surface area contributed by atoms with E-state index in [2.05, 4.69) is 5.32 Å². The molecule has 0 spiro atoms. The molecule has 2 atom stereocenters. The summed E-state index contributed by atoms with van der Waals surface area (Å²) >= 11 is 0. The van der Waals surface area contributed by atoms with Crippen LogP contribution in [0.2, 0.25) is 0 Å². The second-order valence-electron chi connectivity index (χ2n) is 3.75. The first-order chi connectivity index (χ1) is 7.58. The average molecular weight is 223 g/mol. The number of carboxylic acids is 1. The number of nitrogens with one attached hydrogen (secondary N) is 1. The number of amides is 1. The molecule has 16 heavy (non-hydrogen) atoms. The van der Waals surface area contributed by atoms with Gasteiger partial charge in [-0.1, -0.05) is 12.1 Å². The zero-order chi connectivity index (χ0) is 11.7. The number of aliphatic carboxylic acids is 1. The van der Waals surface area contributed by atoms with E-state index in [0.29, 0.717) is 5.56 Å². The molecule has 2 N–H and O–H groups in total. The summed E-state index contributed by atoms with van der Waals surface area (Å²) in [6.07, 6.45) is 0.128. The van der Waals surface area contributed by atoms with Crippen LogP contribution in [0, 0.1) is 5.82 Å². The van der Waals surface area contributed by atoms with Gasteiger partial charge in [-0.05, 0) is 17.7 Å². The molecule has 1 aliphatic rings. The summed E-state index contributed by atoms with van der Waals surface area (Å²) in [6, 6.07) is 4.62. The summed E-state index contributed by atoms with van der Waals surface area (Å²) in [5.41, 5.74) is 0.659. The van der Waals surface area contributed by atoms with Crippen molar-refractivity contribution in [1.29, 1.82) is 0 Å². The first-order valence-electron chi connectivity index (χ1n) is 4.85. The van der Waals surface area contributed by atoms with E-state index in [-0.39, 0.29) is 18.1 Å².